The minimum absolute atomic E-state index is 0.0949. The standard InChI is InChI=1S/C30H26N6O4/c37-29(35-39)25-17-26(33-28(18-25)34-30(38)27-19-31-11-12-32-27)24-9-7-22(8-10-24)2-1-21-3-5-23(6-4-21)20-36-13-15-40-16-14-36/h3-12,17-19,39H,13-16,20H2,(H,35,37)(H,33,34,38). The maximum absolute atomic E-state index is 12.5. The zero-order valence-corrected chi connectivity index (χ0v) is 21.5. The predicted molar refractivity (Wildman–Crippen MR) is 147 cm³/mol. The van der Waals surface area contributed by atoms with Crippen LogP contribution in [-0.2, 0) is 11.3 Å². The first kappa shape index (κ1) is 26.6. The number of hydrogen-bond acceptors (Lipinski definition) is 8. The molecular weight excluding hydrogens is 508 g/mol. The molecule has 0 aliphatic carbocycles. The van der Waals surface area contributed by atoms with Gasteiger partial charge in [0.15, 0.2) is 0 Å². The molecule has 3 N–H and O–H groups in total. The van der Waals surface area contributed by atoms with Crippen molar-refractivity contribution in [3.8, 4) is 23.1 Å². The number of carbonyl (C=O) groups excluding carboxylic acids is 2. The van der Waals surface area contributed by atoms with E-state index in [4.69, 9.17) is 9.94 Å². The van der Waals surface area contributed by atoms with E-state index >= 15 is 0 Å². The Kier molecular flexibility index (Phi) is 8.48. The average molecular weight is 535 g/mol. The number of anilines is 1. The van der Waals surface area contributed by atoms with Gasteiger partial charge in [0.2, 0.25) is 0 Å². The van der Waals surface area contributed by atoms with Crippen molar-refractivity contribution in [2.45, 2.75) is 6.54 Å². The van der Waals surface area contributed by atoms with Gasteiger partial charge in [0.05, 0.1) is 25.1 Å². The summed E-state index contributed by atoms with van der Waals surface area (Å²) in [6.45, 7) is 4.36. The van der Waals surface area contributed by atoms with Gasteiger partial charge in [-0.25, -0.2) is 15.4 Å². The molecule has 200 valence electrons. The summed E-state index contributed by atoms with van der Waals surface area (Å²) in [4.78, 5) is 39.4. The number of rotatable bonds is 6. The molecule has 1 aliphatic heterocycles. The second kappa shape index (κ2) is 12.7. The van der Waals surface area contributed by atoms with E-state index in [9.17, 15) is 9.59 Å². The number of hydroxylamine groups is 1. The molecule has 0 unspecified atom stereocenters. The summed E-state index contributed by atoms with van der Waals surface area (Å²) in [7, 11) is 0. The van der Waals surface area contributed by atoms with Crippen LogP contribution in [0.2, 0.25) is 0 Å². The summed E-state index contributed by atoms with van der Waals surface area (Å²) in [5.41, 5.74) is 5.91. The molecule has 40 heavy (non-hydrogen) atoms. The number of benzene rings is 2. The molecule has 1 aliphatic rings. The van der Waals surface area contributed by atoms with Crippen molar-refractivity contribution in [1.82, 2.24) is 25.3 Å². The van der Waals surface area contributed by atoms with Crippen LogP contribution in [0.1, 0.15) is 37.5 Å². The third-order valence-electron chi connectivity index (χ3n) is 6.22. The Morgan fingerprint density at radius 3 is 2.27 bits per heavy atom. The molecule has 1 saturated heterocycles. The fraction of sp³-hybridized carbons (Fsp3) is 0.167. The van der Waals surface area contributed by atoms with E-state index < -0.39 is 11.8 Å². The SMILES string of the molecule is O=C(NO)c1cc(NC(=O)c2cnccn2)nc(-c2ccc(C#Cc3ccc(CN4CCOCC4)cc3)cc2)c1. The van der Waals surface area contributed by atoms with Crippen LogP contribution in [0, 0.1) is 11.8 Å². The van der Waals surface area contributed by atoms with E-state index in [1.165, 1.54) is 36.3 Å². The summed E-state index contributed by atoms with van der Waals surface area (Å²) < 4.78 is 5.41. The van der Waals surface area contributed by atoms with Gasteiger partial charge in [-0.1, -0.05) is 36.1 Å². The highest BCUT2D eigenvalue weighted by molar-refractivity contribution is 6.03. The number of pyridine rings is 1. The van der Waals surface area contributed by atoms with Gasteiger partial charge in [0.1, 0.15) is 11.5 Å². The van der Waals surface area contributed by atoms with Crippen LogP contribution in [0.3, 0.4) is 0 Å². The highest BCUT2D eigenvalue weighted by atomic mass is 16.5. The third kappa shape index (κ3) is 6.92. The van der Waals surface area contributed by atoms with Gasteiger partial charge in [-0.05, 0) is 42.0 Å². The molecule has 4 aromatic rings. The zero-order chi connectivity index (χ0) is 27.7. The van der Waals surface area contributed by atoms with E-state index in [1.54, 1.807) is 5.48 Å². The van der Waals surface area contributed by atoms with Crippen molar-refractivity contribution in [3.05, 3.63) is 107 Å². The number of amides is 2. The van der Waals surface area contributed by atoms with Crippen molar-refractivity contribution in [3.63, 3.8) is 0 Å². The van der Waals surface area contributed by atoms with Gasteiger partial charge < -0.3 is 10.1 Å². The minimum atomic E-state index is -0.739. The molecule has 5 rings (SSSR count). The molecule has 10 nitrogen and oxygen atoms in total. The van der Waals surface area contributed by atoms with Crippen LogP contribution < -0.4 is 10.8 Å². The summed E-state index contributed by atoms with van der Waals surface area (Å²) in [6, 6.07) is 18.5. The van der Waals surface area contributed by atoms with E-state index in [0.717, 1.165) is 44.0 Å². The molecule has 2 aromatic carbocycles. The fourth-order valence-electron chi connectivity index (χ4n) is 4.11. The van der Waals surface area contributed by atoms with Gasteiger partial charge in [-0.3, -0.25) is 24.7 Å². The summed E-state index contributed by atoms with van der Waals surface area (Å²) in [5.74, 6) is 5.21. The molecule has 10 heteroatoms. The monoisotopic (exact) mass is 534 g/mol. The number of carbonyl (C=O) groups is 2. The van der Waals surface area contributed by atoms with Crippen molar-refractivity contribution in [2.24, 2.45) is 0 Å². The molecule has 0 saturated carbocycles. The number of nitrogens with one attached hydrogen (secondary N) is 2. The van der Waals surface area contributed by atoms with Crippen molar-refractivity contribution >= 4 is 17.6 Å². The van der Waals surface area contributed by atoms with Crippen LogP contribution in [0.5, 0.6) is 0 Å². The quantitative estimate of drug-likeness (QED) is 0.196. The van der Waals surface area contributed by atoms with Crippen molar-refractivity contribution in [2.75, 3.05) is 31.6 Å². The van der Waals surface area contributed by atoms with Gasteiger partial charge in [-0.15, -0.1) is 0 Å². The number of hydrogen-bond donors (Lipinski definition) is 3. The second-order valence-electron chi connectivity index (χ2n) is 9.02. The minimum Gasteiger partial charge on any atom is -0.379 e. The average Bonchev–Trinajstić information content (AvgIpc) is 3.01. The second-order valence-corrected chi connectivity index (χ2v) is 9.02. The summed E-state index contributed by atoms with van der Waals surface area (Å²) in [5, 5.41) is 11.8. The van der Waals surface area contributed by atoms with E-state index in [1.807, 2.05) is 36.4 Å². The first-order valence-corrected chi connectivity index (χ1v) is 12.6. The van der Waals surface area contributed by atoms with Crippen LogP contribution in [-0.4, -0.2) is 63.2 Å². The lowest BCUT2D eigenvalue weighted by molar-refractivity contribution is 0.0342. The smallest absolute Gasteiger partial charge is 0.277 e. The first-order valence-electron chi connectivity index (χ1n) is 12.6. The number of nitrogens with zero attached hydrogens (tertiary/aromatic N) is 4. The Morgan fingerprint density at radius 1 is 0.925 bits per heavy atom. The predicted octanol–water partition coefficient (Wildman–Crippen LogP) is 3.14. The van der Waals surface area contributed by atoms with Crippen molar-refractivity contribution in [1.29, 1.82) is 0 Å². The van der Waals surface area contributed by atoms with E-state index in [-0.39, 0.29) is 17.1 Å². The molecule has 0 bridgehead atoms. The Labute approximate surface area is 231 Å². The lowest BCUT2D eigenvalue weighted by Gasteiger charge is -2.26. The largest absolute Gasteiger partial charge is 0.379 e. The Balaban J connectivity index is 1.30. The molecule has 3 heterocycles. The highest BCUT2D eigenvalue weighted by Gasteiger charge is 2.14. The number of ether oxygens (including phenoxy) is 1. The van der Waals surface area contributed by atoms with E-state index in [0.29, 0.717) is 11.3 Å². The number of aromatic nitrogens is 3. The van der Waals surface area contributed by atoms with Gasteiger partial charge in [-0.2, -0.15) is 0 Å². The molecule has 2 amide bonds. The van der Waals surface area contributed by atoms with E-state index in [2.05, 4.69) is 49.1 Å². The fourth-order valence-corrected chi connectivity index (χ4v) is 4.11. The normalized spacial score (nSPS) is 13.1. The van der Waals surface area contributed by atoms with Crippen molar-refractivity contribution < 1.29 is 19.5 Å². The van der Waals surface area contributed by atoms with Crippen LogP contribution >= 0.6 is 0 Å². The number of morpholine rings is 1. The molecular formula is C30H26N6O4. The molecule has 0 spiro atoms. The van der Waals surface area contributed by atoms with Crippen LogP contribution in [0.25, 0.3) is 11.3 Å². The maximum Gasteiger partial charge on any atom is 0.277 e. The lowest BCUT2D eigenvalue weighted by atomic mass is 10.1. The van der Waals surface area contributed by atoms with Gasteiger partial charge in [0.25, 0.3) is 11.8 Å². The van der Waals surface area contributed by atoms with Gasteiger partial charge >= 0.3 is 0 Å². The highest BCUT2D eigenvalue weighted by Crippen LogP contribution is 2.22. The lowest BCUT2D eigenvalue weighted by Crippen LogP contribution is -2.35. The third-order valence-corrected chi connectivity index (χ3v) is 6.22. The molecule has 1 fully saturated rings. The molecule has 2 aromatic heterocycles. The summed E-state index contributed by atoms with van der Waals surface area (Å²) in [6.07, 6.45) is 4.17. The Morgan fingerprint density at radius 2 is 1.62 bits per heavy atom. The summed E-state index contributed by atoms with van der Waals surface area (Å²) >= 11 is 0. The molecule has 0 radical (unpaired) electrons. The Bertz CT molecular complexity index is 1540. The maximum atomic E-state index is 12.5. The molecule has 0 atom stereocenters. The van der Waals surface area contributed by atoms with Crippen LogP contribution in [0.15, 0.2) is 79.3 Å². The zero-order valence-electron chi connectivity index (χ0n) is 21.5. The topological polar surface area (TPSA) is 130 Å². The Hall–Kier alpha value is -4.95. The first-order chi connectivity index (χ1) is 19.6. The van der Waals surface area contributed by atoms with Gasteiger partial charge in [0, 0.05) is 54.3 Å². The van der Waals surface area contributed by atoms with Crippen LogP contribution in [0.4, 0.5) is 5.82 Å².